The van der Waals surface area contributed by atoms with E-state index in [0.29, 0.717) is 0 Å². The predicted molar refractivity (Wildman–Crippen MR) is 70.3 cm³/mol. The zero-order valence-corrected chi connectivity index (χ0v) is 21.8. The van der Waals surface area contributed by atoms with Crippen molar-refractivity contribution in [3.63, 3.8) is 0 Å². The van der Waals surface area contributed by atoms with Crippen LogP contribution >= 0.6 is 0 Å². The van der Waals surface area contributed by atoms with Crippen LogP contribution < -0.4 is 0 Å². The molecule has 18 heavy (non-hydrogen) atoms. The quantitative estimate of drug-likeness (QED) is 0.231. The van der Waals surface area contributed by atoms with Crippen molar-refractivity contribution in [2.75, 3.05) is 0 Å². The third-order valence-electron chi connectivity index (χ3n) is 0. The van der Waals surface area contributed by atoms with Crippen molar-refractivity contribution in [3.05, 3.63) is 0 Å². The number of rotatable bonds is 0. The van der Waals surface area contributed by atoms with Crippen LogP contribution in [0.2, 0.25) is 0 Å². The fourth-order valence-electron chi connectivity index (χ4n) is 0. The van der Waals surface area contributed by atoms with E-state index in [1.54, 1.807) is 0 Å². The van der Waals surface area contributed by atoms with E-state index >= 15 is 0 Å². The van der Waals surface area contributed by atoms with Gasteiger partial charge in [0.25, 0.3) is 23.9 Å². The third-order valence-corrected chi connectivity index (χ3v) is 0. The molecule has 0 fully saturated rings. The van der Waals surface area contributed by atoms with Crippen molar-refractivity contribution in [1.82, 2.24) is 0 Å². The van der Waals surface area contributed by atoms with Crippen LogP contribution in [0, 0.1) is 0 Å². The standard InChI is InChI=1S/4C2H4O2.2Pb.4H/c4*1-2(3)4;;;;;;/h4*1H3,(H,3,4);;;;;;. The van der Waals surface area contributed by atoms with Gasteiger partial charge in [-0.3, -0.25) is 19.2 Å². The van der Waals surface area contributed by atoms with Crippen molar-refractivity contribution >= 4 is 78.5 Å². The number of carboxylic acid groups (broad SMARTS) is 4. The van der Waals surface area contributed by atoms with E-state index in [9.17, 15) is 0 Å². The summed E-state index contributed by atoms with van der Waals surface area (Å²) in [4.78, 5) is 36.0. The molecule has 0 aromatic rings. The second-order valence-electron chi connectivity index (χ2n) is 2.08. The molecule has 0 saturated heterocycles. The molecule has 10 heteroatoms. The van der Waals surface area contributed by atoms with Gasteiger partial charge in [0.05, 0.1) is 0 Å². The van der Waals surface area contributed by atoms with E-state index in [-0.39, 0.29) is 54.6 Å². The number of aliphatic carboxylic acids is 4. The first-order valence-corrected chi connectivity index (χ1v) is 3.71. The zero-order chi connectivity index (χ0) is 14.3. The fraction of sp³-hybridized carbons (Fsp3) is 0.500. The summed E-state index contributed by atoms with van der Waals surface area (Å²) in [5.41, 5.74) is 0. The molecule has 0 saturated carbocycles. The average molecular weight is 659 g/mol. The Balaban J connectivity index is -0.0000000257. The van der Waals surface area contributed by atoms with Gasteiger partial charge in [-0.25, -0.2) is 0 Å². The molecule has 0 atom stereocenters. The van der Waals surface area contributed by atoms with Crippen molar-refractivity contribution < 1.29 is 39.6 Å². The van der Waals surface area contributed by atoms with Crippen LogP contribution in [0.3, 0.4) is 0 Å². The van der Waals surface area contributed by atoms with Crippen molar-refractivity contribution in [1.29, 1.82) is 0 Å². The van der Waals surface area contributed by atoms with Crippen LogP contribution in [-0.2, 0) is 19.2 Å². The number of hydrogen-bond donors (Lipinski definition) is 4. The van der Waals surface area contributed by atoms with E-state index in [2.05, 4.69) is 0 Å². The van der Waals surface area contributed by atoms with Crippen molar-refractivity contribution in [3.8, 4) is 0 Å². The fourth-order valence-corrected chi connectivity index (χ4v) is 0. The second-order valence-corrected chi connectivity index (χ2v) is 2.08. The molecular formula is C8H20O8Pb2. The van der Waals surface area contributed by atoms with Gasteiger partial charge < -0.3 is 20.4 Å². The molecule has 0 aromatic carbocycles. The summed E-state index contributed by atoms with van der Waals surface area (Å²) in [7, 11) is 0. The zero-order valence-electron chi connectivity index (χ0n) is 10.8. The van der Waals surface area contributed by atoms with Gasteiger partial charge in [0, 0.05) is 27.7 Å². The summed E-state index contributed by atoms with van der Waals surface area (Å²) < 4.78 is 0. The predicted octanol–water partition coefficient (Wildman–Crippen LogP) is -1.47. The molecule has 0 unspecified atom stereocenters. The Morgan fingerprint density at radius 3 is 0.500 bits per heavy atom. The molecule has 8 nitrogen and oxygen atoms in total. The topological polar surface area (TPSA) is 149 Å². The number of carbonyl (C=O) groups is 4. The van der Waals surface area contributed by atoms with Gasteiger partial charge in [-0.05, 0) is 0 Å². The average Bonchev–Trinajstić information content (AvgIpc) is 1.76. The van der Waals surface area contributed by atoms with E-state index in [1.165, 1.54) is 0 Å². The molecule has 0 heterocycles. The third kappa shape index (κ3) is 44800. The first kappa shape index (κ1) is 36.1. The van der Waals surface area contributed by atoms with E-state index in [1.807, 2.05) is 0 Å². The van der Waals surface area contributed by atoms with Gasteiger partial charge in [0.1, 0.15) is 0 Å². The summed E-state index contributed by atoms with van der Waals surface area (Å²) in [6, 6.07) is 0. The molecule has 0 spiro atoms. The Kier molecular flexibility index (Phi) is 60.3. The first-order valence-electron chi connectivity index (χ1n) is 3.71. The second kappa shape index (κ2) is 30.1. The van der Waals surface area contributed by atoms with Crippen LogP contribution in [0.4, 0.5) is 0 Å². The van der Waals surface area contributed by atoms with Gasteiger partial charge in [0.15, 0.2) is 0 Å². The van der Waals surface area contributed by atoms with Gasteiger partial charge in [-0.1, -0.05) is 0 Å². The van der Waals surface area contributed by atoms with Crippen LogP contribution in [0.5, 0.6) is 0 Å². The Hall–Kier alpha value is -0.276. The van der Waals surface area contributed by atoms with Gasteiger partial charge >= 0.3 is 54.6 Å². The molecule has 0 aliphatic heterocycles. The van der Waals surface area contributed by atoms with Gasteiger partial charge in [-0.15, -0.1) is 0 Å². The molecule has 4 radical (unpaired) electrons. The van der Waals surface area contributed by atoms with Crippen LogP contribution in [0.25, 0.3) is 0 Å². The molecule has 0 amide bonds. The SMILES string of the molecule is CC(=O)O.CC(=O)O.CC(=O)O.CC(=O)O.[PbH2].[PbH2]. The minimum atomic E-state index is -0.833. The number of carboxylic acids is 4. The van der Waals surface area contributed by atoms with Crippen LogP contribution in [0.1, 0.15) is 27.7 Å². The Morgan fingerprint density at radius 2 is 0.500 bits per heavy atom. The molecule has 0 aliphatic carbocycles. The van der Waals surface area contributed by atoms with E-state index in [0.717, 1.165) is 27.7 Å². The summed E-state index contributed by atoms with van der Waals surface area (Å²) in [6.45, 7) is 4.33. The first-order chi connectivity index (χ1) is 6.93. The van der Waals surface area contributed by atoms with Crippen molar-refractivity contribution in [2.45, 2.75) is 27.7 Å². The molecule has 108 valence electrons. The normalized spacial score (nSPS) is 5.56. The molecule has 0 rings (SSSR count). The maximum atomic E-state index is 9.00. The van der Waals surface area contributed by atoms with Crippen LogP contribution in [0.15, 0.2) is 0 Å². The Bertz CT molecular complexity index is 165. The summed E-state index contributed by atoms with van der Waals surface area (Å²) >= 11 is 0. The van der Waals surface area contributed by atoms with Crippen molar-refractivity contribution in [2.24, 2.45) is 0 Å². The molecular weight excluding hydrogens is 638 g/mol. The summed E-state index contributed by atoms with van der Waals surface area (Å²) in [5.74, 6) is -3.33. The van der Waals surface area contributed by atoms with Gasteiger partial charge in [0.2, 0.25) is 0 Å². The molecule has 4 N–H and O–H groups in total. The summed E-state index contributed by atoms with van der Waals surface area (Å²) in [6.07, 6.45) is 0. The number of hydrogen-bond acceptors (Lipinski definition) is 4. The molecule has 0 aliphatic rings. The summed E-state index contributed by atoms with van der Waals surface area (Å²) in [5, 5.41) is 29.7. The van der Waals surface area contributed by atoms with E-state index < -0.39 is 23.9 Å². The van der Waals surface area contributed by atoms with Crippen LogP contribution in [-0.4, -0.2) is 98.9 Å². The Labute approximate surface area is 145 Å². The Morgan fingerprint density at radius 1 is 0.500 bits per heavy atom. The monoisotopic (exact) mass is 660 g/mol. The molecule has 0 bridgehead atoms. The maximum absolute atomic E-state index is 9.00. The van der Waals surface area contributed by atoms with E-state index in [4.69, 9.17) is 39.6 Å². The minimum absolute atomic E-state index is 0. The molecule has 0 aromatic heterocycles. The van der Waals surface area contributed by atoms with Gasteiger partial charge in [-0.2, -0.15) is 0 Å².